The van der Waals surface area contributed by atoms with Gasteiger partial charge in [-0.15, -0.1) is 5.10 Å². The predicted octanol–water partition coefficient (Wildman–Crippen LogP) is 3.02. The summed E-state index contributed by atoms with van der Waals surface area (Å²) in [7, 11) is 3.12. The highest BCUT2D eigenvalue weighted by molar-refractivity contribution is 8.15. The molecule has 2 aromatic rings. The lowest BCUT2D eigenvalue weighted by atomic mass is 10.0. The molecule has 2 heterocycles. The van der Waals surface area contributed by atoms with Crippen molar-refractivity contribution in [3.8, 4) is 11.5 Å². The summed E-state index contributed by atoms with van der Waals surface area (Å²) >= 11 is 1.07. The first-order valence-electron chi connectivity index (χ1n) is 10.6. The Hall–Kier alpha value is -3.53. The van der Waals surface area contributed by atoms with Crippen molar-refractivity contribution < 1.29 is 23.9 Å². The molecule has 1 spiro atoms. The highest BCUT2D eigenvalue weighted by atomic mass is 32.2. The van der Waals surface area contributed by atoms with Gasteiger partial charge in [0.2, 0.25) is 16.7 Å². The summed E-state index contributed by atoms with van der Waals surface area (Å²) in [6, 6.07) is 9.39. The molecule has 10 heteroatoms. The topological polar surface area (TPSA) is 101 Å². The van der Waals surface area contributed by atoms with Crippen LogP contribution in [0.5, 0.6) is 11.5 Å². The molecule has 0 saturated heterocycles. The molecule has 1 unspecified atom stereocenters. The predicted molar refractivity (Wildman–Crippen MR) is 130 cm³/mol. The number of hydrazone groups is 1. The third kappa shape index (κ3) is 3.67. The smallest absolute Gasteiger partial charge is 0.271 e. The number of carbonyl (C=O) groups excluding carboxylic acids is 3. The van der Waals surface area contributed by atoms with E-state index in [-0.39, 0.29) is 23.5 Å². The summed E-state index contributed by atoms with van der Waals surface area (Å²) in [5.41, 5.74) is 4.07. The fraction of sp³-hybridized carbons (Fsp3) is 0.333. The summed E-state index contributed by atoms with van der Waals surface area (Å²) in [5.74, 6) is 0.0962. The highest BCUT2D eigenvalue weighted by Gasteiger charge is 2.61. The fourth-order valence-corrected chi connectivity index (χ4v) is 5.77. The van der Waals surface area contributed by atoms with Crippen LogP contribution in [0.25, 0.3) is 0 Å². The Bertz CT molecular complexity index is 1240. The number of fused-ring (bicyclic) bond motifs is 2. The average Bonchev–Trinajstić information content (AvgIpc) is 3.25. The van der Waals surface area contributed by atoms with Gasteiger partial charge in [-0.3, -0.25) is 14.4 Å². The van der Waals surface area contributed by atoms with Gasteiger partial charge in [0, 0.05) is 19.4 Å². The van der Waals surface area contributed by atoms with Gasteiger partial charge in [-0.25, -0.2) is 0 Å². The summed E-state index contributed by atoms with van der Waals surface area (Å²) in [4.78, 5) is 38.8. The van der Waals surface area contributed by atoms with Crippen molar-refractivity contribution in [1.82, 2.24) is 10.3 Å². The molecule has 2 aliphatic heterocycles. The average molecular weight is 483 g/mol. The van der Waals surface area contributed by atoms with Gasteiger partial charge < -0.3 is 19.7 Å². The Balaban J connectivity index is 1.84. The lowest BCUT2D eigenvalue weighted by molar-refractivity contribution is -0.139. The van der Waals surface area contributed by atoms with E-state index < -0.39 is 10.8 Å². The van der Waals surface area contributed by atoms with Crippen LogP contribution in [-0.4, -0.2) is 42.1 Å². The van der Waals surface area contributed by atoms with Gasteiger partial charge in [0.1, 0.15) is 0 Å². The zero-order valence-corrected chi connectivity index (χ0v) is 20.7. The molecule has 178 valence electrons. The minimum Gasteiger partial charge on any atom is -0.493 e. The van der Waals surface area contributed by atoms with Crippen LogP contribution in [0.3, 0.4) is 0 Å². The quantitative estimate of drug-likeness (QED) is 0.719. The number of hydrogen-bond acceptors (Lipinski definition) is 7. The van der Waals surface area contributed by atoms with Gasteiger partial charge in [-0.2, -0.15) is 5.01 Å². The lowest BCUT2D eigenvalue weighted by Gasteiger charge is -2.29. The van der Waals surface area contributed by atoms with E-state index in [0.29, 0.717) is 17.1 Å². The van der Waals surface area contributed by atoms with Crippen molar-refractivity contribution >= 4 is 40.3 Å². The van der Waals surface area contributed by atoms with Crippen LogP contribution in [0.4, 0.5) is 5.69 Å². The second-order valence-electron chi connectivity index (χ2n) is 8.22. The largest absolute Gasteiger partial charge is 0.493 e. The molecule has 0 radical (unpaired) electrons. The highest BCUT2D eigenvalue weighted by Crippen LogP contribution is 2.56. The number of benzene rings is 2. The third-order valence-electron chi connectivity index (χ3n) is 5.72. The zero-order chi connectivity index (χ0) is 24.8. The number of nitrogens with one attached hydrogen (secondary N) is 1. The summed E-state index contributed by atoms with van der Waals surface area (Å²) in [6.45, 7) is 6.84. The molecule has 0 aromatic heterocycles. The van der Waals surface area contributed by atoms with Crippen LogP contribution >= 0.6 is 11.8 Å². The second kappa shape index (κ2) is 8.68. The van der Waals surface area contributed by atoms with E-state index in [2.05, 4.69) is 10.4 Å². The molecule has 1 N–H and O–H groups in total. The monoisotopic (exact) mass is 482 g/mol. The van der Waals surface area contributed by atoms with E-state index in [1.54, 1.807) is 25.2 Å². The van der Waals surface area contributed by atoms with Gasteiger partial charge >= 0.3 is 0 Å². The molecule has 0 fully saturated rings. The van der Waals surface area contributed by atoms with Gasteiger partial charge in [0.25, 0.3) is 5.91 Å². The van der Waals surface area contributed by atoms with E-state index >= 15 is 0 Å². The van der Waals surface area contributed by atoms with Gasteiger partial charge in [-0.1, -0.05) is 23.8 Å². The molecule has 0 bridgehead atoms. The Labute approximate surface area is 202 Å². The van der Waals surface area contributed by atoms with E-state index in [1.807, 2.05) is 38.1 Å². The van der Waals surface area contributed by atoms with Crippen LogP contribution in [0.2, 0.25) is 0 Å². The maximum absolute atomic E-state index is 14.1. The molecule has 2 aromatic carbocycles. The number of aryl methyl sites for hydroxylation is 2. The maximum Gasteiger partial charge on any atom is 0.271 e. The number of carbonyl (C=O) groups is 3. The summed E-state index contributed by atoms with van der Waals surface area (Å²) in [5, 5.41) is 8.32. The van der Waals surface area contributed by atoms with Gasteiger partial charge in [0.05, 0.1) is 26.5 Å². The molecule has 9 nitrogen and oxygen atoms in total. The first kappa shape index (κ1) is 23.6. The molecule has 0 saturated carbocycles. The number of amides is 3. The summed E-state index contributed by atoms with van der Waals surface area (Å²) < 4.78 is 10.8. The Morgan fingerprint density at radius 3 is 2.41 bits per heavy atom. The molecule has 1 atom stereocenters. The number of amidine groups is 1. The van der Waals surface area contributed by atoms with E-state index in [0.717, 1.165) is 34.1 Å². The Morgan fingerprint density at radius 2 is 1.79 bits per heavy atom. The molecule has 4 rings (SSSR count). The number of ether oxygens (including phenoxy) is 2. The SMILES string of the molecule is COc1ccc(CN2C(=O)C3(SC(NC(C)=O)=NN3C(C)=O)c3cc(C)cc(C)c32)cc1OC. The van der Waals surface area contributed by atoms with Gasteiger partial charge in [0.15, 0.2) is 16.7 Å². The molecule has 3 amide bonds. The number of hydrogen-bond donors (Lipinski definition) is 1. The van der Waals surface area contributed by atoms with Gasteiger partial charge in [-0.05, 0) is 48.9 Å². The van der Waals surface area contributed by atoms with Crippen molar-refractivity contribution in [2.75, 3.05) is 19.1 Å². The van der Waals surface area contributed by atoms with E-state index in [4.69, 9.17) is 9.47 Å². The van der Waals surface area contributed by atoms with Crippen LogP contribution in [0, 0.1) is 13.8 Å². The van der Waals surface area contributed by atoms with Crippen molar-refractivity contribution in [2.24, 2.45) is 5.10 Å². The second-order valence-corrected chi connectivity index (χ2v) is 9.40. The number of nitrogens with zero attached hydrogens (tertiary/aromatic N) is 3. The van der Waals surface area contributed by atoms with Crippen molar-refractivity contribution in [3.05, 3.63) is 52.6 Å². The minimum atomic E-state index is -1.44. The van der Waals surface area contributed by atoms with Crippen LogP contribution < -0.4 is 19.7 Å². The maximum atomic E-state index is 14.1. The van der Waals surface area contributed by atoms with E-state index in [9.17, 15) is 14.4 Å². The van der Waals surface area contributed by atoms with Crippen molar-refractivity contribution in [1.29, 1.82) is 0 Å². The molecule has 0 aliphatic carbocycles. The lowest BCUT2D eigenvalue weighted by Crippen LogP contribution is -2.48. The number of rotatable bonds is 4. The van der Waals surface area contributed by atoms with Crippen molar-refractivity contribution in [3.63, 3.8) is 0 Å². The summed E-state index contributed by atoms with van der Waals surface area (Å²) in [6.07, 6.45) is 0. The normalized spacial score (nSPS) is 18.8. The number of thioether (sulfide) groups is 1. The first-order chi connectivity index (χ1) is 16.1. The zero-order valence-electron chi connectivity index (χ0n) is 19.9. The molecule has 34 heavy (non-hydrogen) atoms. The molecular weight excluding hydrogens is 456 g/mol. The number of anilines is 1. The number of methoxy groups -OCH3 is 2. The van der Waals surface area contributed by atoms with Crippen LogP contribution in [0.1, 0.15) is 36.1 Å². The third-order valence-corrected chi connectivity index (χ3v) is 6.96. The Morgan fingerprint density at radius 1 is 1.09 bits per heavy atom. The van der Waals surface area contributed by atoms with Crippen molar-refractivity contribution in [2.45, 2.75) is 39.1 Å². The van der Waals surface area contributed by atoms with E-state index in [1.165, 1.54) is 18.9 Å². The van der Waals surface area contributed by atoms with Crippen LogP contribution in [0.15, 0.2) is 35.4 Å². The standard InChI is InChI=1S/C24H26N4O5S/c1-13-9-14(2)21-18(10-13)24(28(16(4)30)26-23(34-24)25-15(3)29)22(31)27(21)12-17-7-8-19(32-5)20(11-17)33-6/h7-11H,12H2,1-6H3,(H,25,26,29). The molecular formula is C24H26N4O5S. The first-order valence-corrected chi connectivity index (χ1v) is 11.4. The fourth-order valence-electron chi connectivity index (χ4n) is 4.45. The minimum absolute atomic E-state index is 0.203. The molecule has 2 aliphatic rings. The Kier molecular flexibility index (Phi) is 6.03. The van der Waals surface area contributed by atoms with Crippen LogP contribution in [-0.2, 0) is 25.8 Å².